The van der Waals surface area contributed by atoms with Gasteiger partial charge in [-0.3, -0.25) is 9.59 Å². The van der Waals surface area contributed by atoms with Gasteiger partial charge < -0.3 is 10.4 Å². The number of nitrogens with zero attached hydrogens (tertiary/aromatic N) is 1. The summed E-state index contributed by atoms with van der Waals surface area (Å²) in [6.07, 6.45) is 0. The lowest BCUT2D eigenvalue weighted by molar-refractivity contribution is -0.145. The molecule has 0 fully saturated rings. The van der Waals surface area contributed by atoms with Crippen LogP contribution < -0.4 is 5.32 Å². The van der Waals surface area contributed by atoms with E-state index in [1.54, 1.807) is 32.0 Å². The summed E-state index contributed by atoms with van der Waals surface area (Å²) in [6.45, 7) is 4.81. The predicted molar refractivity (Wildman–Crippen MR) is 70.5 cm³/mol. The van der Waals surface area contributed by atoms with E-state index in [2.05, 4.69) is 5.32 Å². The van der Waals surface area contributed by atoms with Crippen LogP contribution in [-0.4, -0.2) is 17.0 Å². The van der Waals surface area contributed by atoms with Gasteiger partial charge in [-0.2, -0.15) is 5.26 Å². The third-order valence-electron chi connectivity index (χ3n) is 3.20. The van der Waals surface area contributed by atoms with E-state index in [9.17, 15) is 9.59 Å². The Bertz CT molecular complexity index is 546. The lowest BCUT2D eigenvalue weighted by Crippen LogP contribution is -2.30. The molecule has 0 saturated carbocycles. The summed E-state index contributed by atoms with van der Waals surface area (Å²) in [5, 5.41) is 20.5. The van der Waals surface area contributed by atoms with Crippen LogP contribution in [0.4, 0.5) is 5.69 Å². The van der Waals surface area contributed by atoms with Crippen molar-refractivity contribution < 1.29 is 14.7 Å². The molecular formula is C14H16N2O3. The second-order valence-corrected chi connectivity index (χ2v) is 4.51. The summed E-state index contributed by atoms with van der Waals surface area (Å²) in [5.74, 6) is -2.88. The molecule has 5 nitrogen and oxygen atoms in total. The van der Waals surface area contributed by atoms with Crippen molar-refractivity contribution in [2.24, 2.45) is 11.8 Å². The average Bonchev–Trinajstić information content (AvgIpc) is 2.37. The number of aliphatic carboxylic acids is 1. The molecule has 1 aromatic carbocycles. The van der Waals surface area contributed by atoms with E-state index >= 15 is 0 Å². The number of anilines is 1. The number of nitrogens with one attached hydrogen (secondary N) is 1. The Balaban J connectivity index is 2.92. The average molecular weight is 260 g/mol. The number of benzene rings is 1. The first-order chi connectivity index (χ1) is 8.88. The zero-order valence-electron chi connectivity index (χ0n) is 11.1. The molecule has 0 heterocycles. The molecule has 0 aliphatic carbocycles. The Labute approximate surface area is 111 Å². The van der Waals surface area contributed by atoms with Gasteiger partial charge in [-0.15, -0.1) is 0 Å². The second kappa shape index (κ2) is 6.01. The van der Waals surface area contributed by atoms with Gasteiger partial charge in [-0.1, -0.05) is 26.0 Å². The maximum Gasteiger partial charge on any atom is 0.307 e. The van der Waals surface area contributed by atoms with Crippen LogP contribution in [0.2, 0.25) is 0 Å². The second-order valence-electron chi connectivity index (χ2n) is 4.51. The van der Waals surface area contributed by atoms with Gasteiger partial charge in [0.15, 0.2) is 0 Å². The highest BCUT2D eigenvalue weighted by atomic mass is 16.4. The smallest absolute Gasteiger partial charge is 0.307 e. The lowest BCUT2D eigenvalue weighted by Gasteiger charge is -2.16. The van der Waals surface area contributed by atoms with Crippen molar-refractivity contribution in [1.82, 2.24) is 0 Å². The Kier molecular flexibility index (Phi) is 4.65. The third-order valence-corrected chi connectivity index (χ3v) is 3.20. The molecule has 2 unspecified atom stereocenters. The molecule has 100 valence electrons. The van der Waals surface area contributed by atoms with Crippen molar-refractivity contribution in [1.29, 1.82) is 5.26 Å². The summed E-state index contributed by atoms with van der Waals surface area (Å²) < 4.78 is 0. The number of carboxylic acid groups (broad SMARTS) is 1. The number of aryl methyl sites for hydroxylation is 1. The maximum absolute atomic E-state index is 12.0. The Morgan fingerprint density at radius 2 is 1.95 bits per heavy atom. The molecule has 1 rings (SSSR count). The van der Waals surface area contributed by atoms with Crippen LogP contribution >= 0.6 is 0 Å². The first-order valence-electron chi connectivity index (χ1n) is 5.91. The number of hydrogen-bond donors (Lipinski definition) is 2. The fraction of sp³-hybridized carbons (Fsp3) is 0.357. The Morgan fingerprint density at radius 1 is 1.32 bits per heavy atom. The number of carbonyl (C=O) groups excluding carboxylic acids is 1. The van der Waals surface area contributed by atoms with Crippen LogP contribution in [0.5, 0.6) is 0 Å². The van der Waals surface area contributed by atoms with Crippen LogP contribution in [-0.2, 0) is 9.59 Å². The minimum Gasteiger partial charge on any atom is -0.481 e. The normalized spacial score (nSPS) is 13.2. The molecule has 5 heteroatoms. The largest absolute Gasteiger partial charge is 0.481 e. The maximum atomic E-state index is 12.0. The van der Waals surface area contributed by atoms with Gasteiger partial charge in [0.05, 0.1) is 17.2 Å². The molecule has 0 aliphatic rings. The van der Waals surface area contributed by atoms with Crippen molar-refractivity contribution in [3.63, 3.8) is 0 Å². The van der Waals surface area contributed by atoms with E-state index in [0.717, 1.165) is 5.56 Å². The topological polar surface area (TPSA) is 90.2 Å². The predicted octanol–water partition coefficient (Wildman–Crippen LogP) is 2.16. The first kappa shape index (κ1) is 14.7. The minimum atomic E-state index is -1.02. The molecule has 1 aromatic rings. The van der Waals surface area contributed by atoms with Crippen LogP contribution in [0.3, 0.4) is 0 Å². The highest BCUT2D eigenvalue weighted by Crippen LogP contribution is 2.20. The molecule has 19 heavy (non-hydrogen) atoms. The van der Waals surface area contributed by atoms with Gasteiger partial charge >= 0.3 is 5.97 Å². The number of amides is 1. The standard InChI is InChI=1S/C14H16N2O3/c1-8-5-4-6-12(11(8)7-15)16-13(17)9(2)10(3)14(18)19/h4-6,9-10H,1-3H3,(H,16,17)(H,18,19). The van der Waals surface area contributed by atoms with Crippen LogP contribution in [0.1, 0.15) is 25.0 Å². The zero-order valence-corrected chi connectivity index (χ0v) is 11.1. The van der Waals surface area contributed by atoms with Crippen molar-refractivity contribution >= 4 is 17.6 Å². The highest BCUT2D eigenvalue weighted by Gasteiger charge is 2.26. The zero-order chi connectivity index (χ0) is 14.6. The molecule has 0 saturated heterocycles. The molecule has 2 atom stereocenters. The van der Waals surface area contributed by atoms with Gasteiger partial charge in [-0.05, 0) is 18.6 Å². The van der Waals surface area contributed by atoms with E-state index in [0.29, 0.717) is 11.3 Å². The van der Waals surface area contributed by atoms with E-state index in [1.165, 1.54) is 6.92 Å². The number of hydrogen-bond acceptors (Lipinski definition) is 3. The molecule has 0 aromatic heterocycles. The summed E-state index contributed by atoms with van der Waals surface area (Å²) in [4.78, 5) is 22.8. The molecule has 0 aliphatic heterocycles. The molecular weight excluding hydrogens is 244 g/mol. The van der Waals surface area contributed by atoms with E-state index < -0.39 is 23.7 Å². The number of carbonyl (C=O) groups is 2. The van der Waals surface area contributed by atoms with Crippen molar-refractivity contribution in [2.45, 2.75) is 20.8 Å². The van der Waals surface area contributed by atoms with Crippen LogP contribution in [0, 0.1) is 30.1 Å². The Morgan fingerprint density at radius 3 is 2.47 bits per heavy atom. The number of nitriles is 1. The molecule has 0 radical (unpaired) electrons. The molecule has 0 spiro atoms. The molecule has 0 bridgehead atoms. The van der Waals surface area contributed by atoms with Crippen molar-refractivity contribution in [2.75, 3.05) is 5.32 Å². The summed E-state index contributed by atoms with van der Waals surface area (Å²) >= 11 is 0. The van der Waals surface area contributed by atoms with Gasteiger partial charge in [0.2, 0.25) is 5.91 Å². The highest BCUT2D eigenvalue weighted by molar-refractivity contribution is 5.95. The quantitative estimate of drug-likeness (QED) is 0.868. The summed E-state index contributed by atoms with van der Waals surface area (Å²) in [6, 6.07) is 7.16. The van der Waals surface area contributed by atoms with Gasteiger partial charge in [0, 0.05) is 5.92 Å². The van der Waals surface area contributed by atoms with Gasteiger partial charge in [-0.25, -0.2) is 0 Å². The SMILES string of the molecule is Cc1cccc(NC(=O)C(C)C(C)C(=O)O)c1C#N. The van der Waals surface area contributed by atoms with Crippen molar-refractivity contribution in [3.8, 4) is 6.07 Å². The monoisotopic (exact) mass is 260 g/mol. The van der Waals surface area contributed by atoms with E-state index in [-0.39, 0.29) is 0 Å². The lowest BCUT2D eigenvalue weighted by atomic mass is 9.95. The fourth-order valence-corrected chi connectivity index (χ4v) is 1.61. The van der Waals surface area contributed by atoms with Crippen LogP contribution in [0.15, 0.2) is 18.2 Å². The van der Waals surface area contributed by atoms with E-state index in [1.807, 2.05) is 6.07 Å². The fourth-order valence-electron chi connectivity index (χ4n) is 1.61. The number of carboxylic acids is 1. The Hall–Kier alpha value is -2.35. The van der Waals surface area contributed by atoms with Gasteiger partial charge in [0.25, 0.3) is 0 Å². The number of rotatable bonds is 4. The van der Waals surface area contributed by atoms with E-state index in [4.69, 9.17) is 10.4 Å². The molecule has 2 N–H and O–H groups in total. The third kappa shape index (κ3) is 3.32. The van der Waals surface area contributed by atoms with Crippen molar-refractivity contribution in [3.05, 3.63) is 29.3 Å². The summed E-state index contributed by atoms with van der Waals surface area (Å²) in [5.41, 5.74) is 1.57. The summed E-state index contributed by atoms with van der Waals surface area (Å²) in [7, 11) is 0. The van der Waals surface area contributed by atoms with Crippen LogP contribution in [0.25, 0.3) is 0 Å². The first-order valence-corrected chi connectivity index (χ1v) is 5.91. The minimum absolute atomic E-state index is 0.394. The molecule has 1 amide bonds. The van der Waals surface area contributed by atoms with Gasteiger partial charge in [0.1, 0.15) is 6.07 Å².